The molecule has 0 aliphatic carbocycles. The Balaban J connectivity index is 2.30. The standard InChI is InChI=1S/C14H23NO2/c1-4-16-14(17-5-2)9-10-15-13-8-6-7-12(3)11-13/h6-8,11,14-15H,4-5,9-10H2,1-3H3. The lowest BCUT2D eigenvalue weighted by atomic mass is 10.2. The van der Waals surface area contributed by atoms with Crippen molar-refractivity contribution in [3.63, 3.8) is 0 Å². The van der Waals surface area contributed by atoms with Crippen molar-refractivity contribution in [2.24, 2.45) is 0 Å². The molecule has 0 aliphatic heterocycles. The van der Waals surface area contributed by atoms with E-state index < -0.39 is 0 Å². The quantitative estimate of drug-likeness (QED) is 0.704. The molecule has 0 unspecified atom stereocenters. The van der Waals surface area contributed by atoms with E-state index in [0.717, 1.165) is 18.7 Å². The maximum Gasteiger partial charge on any atom is 0.159 e. The van der Waals surface area contributed by atoms with E-state index in [1.54, 1.807) is 0 Å². The van der Waals surface area contributed by atoms with Crippen LogP contribution in [-0.4, -0.2) is 26.0 Å². The Bertz CT molecular complexity index is 309. The van der Waals surface area contributed by atoms with E-state index in [-0.39, 0.29) is 6.29 Å². The van der Waals surface area contributed by atoms with Crippen LogP contribution in [0.4, 0.5) is 5.69 Å². The van der Waals surface area contributed by atoms with Gasteiger partial charge in [-0.05, 0) is 38.5 Å². The molecule has 1 rings (SSSR count). The van der Waals surface area contributed by atoms with Crippen LogP contribution in [0.25, 0.3) is 0 Å². The number of anilines is 1. The molecule has 0 bridgehead atoms. The lowest BCUT2D eigenvalue weighted by Gasteiger charge is -2.17. The van der Waals surface area contributed by atoms with Crippen molar-refractivity contribution >= 4 is 5.69 Å². The molecule has 0 amide bonds. The molecule has 0 saturated heterocycles. The highest BCUT2D eigenvalue weighted by atomic mass is 16.7. The van der Waals surface area contributed by atoms with Gasteiger partial charge in [0.25, 0.3) is 0 Å². The van der Waals surface area contributed by atoms with Gasteiger partial charge in [0.15, 0.2) is 6.29 Å². The van der Waals surface area contributed by atoms with E-state index in [4.69, 9.17) is 9.47 Å². The second-order valence-corrected chi connectivity index (χ2v) is 3.93. The Labute approximate surface area is 104 Å². The van der Waals surface area contributed by atoms with Crippen LogP contribution in [0.2, 0.25) is 0 Å². The number of rotatable bonds is 8. The molecule has 0 aliphatic rings. The summed E-state index contributed by atoms with van der Waals surface area (Å²) in [5.74, 6) is 0. The molecule has 17 heavy (non-hydrogen) atoms. The Hall–Kier alpha value is -1.06. The predicted molar refractivity (Wildman–Crippen MR) is 71.3 cm³/mol. The zero-order chi connectivity index (χ0) is 12.5. The summed E-state index contributed by atoms with van der Waals surface area (Å²) in [7, 11) is 0. The largest absolute Gasteiger partial charge is 0.385 e. The number of nitrogens with one attached hydrogen (secondary N) is 1. The third-order valence-electron chi connectivity index (χ3n) is 2.43. The highest BCUT2D eigenvalue weighted by Crippen LogP contribution is 2.10. The van der Waals surface area contributed by atoms with Crippen LogP contribution in [0.1, 0.15) is 25.8 Å². The highest BCUT2D eigenvalue weighted by molar-refractivity contribution is 5.45. The summed E-state index contributed by atoms with van der Waals surface area (Å²) in [6.07, 6.45) is 0.762. The van der Waals surface area contributed by atoms with Gasteiger partial charge in [-0.2, -0.15) is 0 Å². The van der Waals surface area contributed by atoms with Crippen molar-refractivity contribution in [2.75, 3.05) is 25.1 Å². The van der Waals surface area contributed by atoms with Crippen LogP contribution in [0, 0.1) is 6.92 Å². The van der Waals surface area contributed by atoms with Gasteiger partial charge in [0.1, 0.15) is 0 Å². The van der Waals surface area contributed by atoms with Crippen LogP contribution in [-0.2, 0) is 9.47 Å². The summed E-state index contributed by atoms with van der Waals surface area (Å²) in [4.78, 5) is 0. The third-order valence-corrected chi connectivity index (χ3v) is 2.43. The first kappa shape index (κ1) is 14.0. The zero-order valence-corrected chi connectivity index (χ0v) is 11.0. The van der Waals surface area contributed by atoms with Crippen molar-refractivity contribution in [3.8, 4) is 0 Å². The monoisotopic (exact) mass is 237 g/mol. The maximum atomic E-state index is 5.48. The van der Waals surface area contributed by atoms with Crippen molar-refractivity contribution in [2.45, 2.75) is 33.5 Å². The summed E-state index contributed by atoms with van der Waals surface area (Å²) in [6.45, 7) is 8.30. The lowest BCUT2D eigenvalue weighted by Crippen LogP contribution is -2.21. The Morgan fingerprint density at radius 2 is 1.88 bits per heavy atom. The van der Waals surface area contributed by atoms with Gasteiger partial charge in [-0.1, -0.05) is 12.1 Å². The first-order valence-corrected chi connectivity index (χ1v) is 6.30. The van der Waals surface area contributed by atoms with E-state index in [9.17, 15) is 0 Å². The lowest BCUT2D eigenvalue weighted by molar-refractivity contribution is -0.137. The van der Waals surface area contributed by atoms with E-state index >= 15 is 0 Å². The summed E-state index contributed by atoms with van der Waals surface area (Å²) < 4.78 is 11.0. The van der Waals surface area contributed by atoms with Crippen LogP contribution in [0.5, 0.6) is 0 Å². The van der Waals surface area contributed by atoms with Crippen molar-refractivity contribution in [3.05, 3.63) is 29.8 Å². The van der Waals surface area contributed by atoms with Crippen LogP contribution in [0.15, 0.2) is 24.3 Å². The molecule has 1 aromatic carbocycles. The minimum Gasteiger partial charge on any atom is -0.385 e. The summed E-state index contributed by atoms with van der Waals surface area (Å²) in [6, 6.07) is 8.36. The van der Waals surface area contributed by atoms with Crippen molar-refractivity contribution < 1.29 is 9.47 Å². The fraction of sp³-hybridized carbons (Fsp3) is 0.571. The smallest absolute Gasteiger partial charge is 0.159 e. The van der Waals surface area contributed by atoms with Gasteiger partial charge in [-0.25, -0.2) is 0 Å². The van der Waals surface area contributed by atoms with Crippen LogP contribution >= 0.6 is 0 Å². The summed E-state index contributed by atoms with van der Waals surface area (Å²) >= 11 is 0. The minimum absolute atomic E-state index is 0.0951. The van der Waals surface area contributed by atoms with E-state index in [1.165, 1.54) is 5.56 Å². The Morgan fingerprint density at radius 1 is 1.18 bits per heavy atom. The minimum atomic E-state index is -0.0951. The van der Waals surface area contributed by atoms with Gasteiger partial charge in [-0.3, -0.25) is 0 Å². The molecule has 0 heterocycles. The fourth-order valence-electron chi connectivity index (χ4n) is 1.68. The second-order valence-electron chi connectivity index (χ2n) is 3.93. The molecule has 1 N–H and O–H groups in total. The van der Waals surface area contributed by atoms with Gasteiger partial charge in [0.2, 0.25) is 0 Å². The normalized spacial score (nSPS) is 10.8. The fourth-order valence-corrected chi connectivity index (χ4v) is 1.68. The van der Waals surface area contributed by atoms with Gasteiger partial charge < -0.3 is 14.8 Å². The first-order valence-electron chi connectivity index (χ1n) is 6.30. The number of hydrogen-bond acceptors (Lipinski definition) is 3. The van der Waals surface area contributed by atoms with E-state index in [1.807, 2.05) is 13.8 Å². The van der Waals surface area contributed by atoms with Gasteiger partial charge in [0.05, 0.1) is 0 Å². The topological polar surface area (TPSA) is 30.5 Å². The molecular formula is C14H23NO2. The average Bonchev–Trinajstić information content (AvgIpc) is 2.30. The highest BCUT2D eigenvalue weighted by Gasteiger charge is 2.06. The third kappa shape index (κ3) is 5.71. The molecule has 0 saturated carbocycles. The first-order chi connectivity index (χ1) is 8.26. The van der Waals surface area contributed by atoms with E-state index in [2.05, 4.69) is 36.5 Å². The SMILES string of the molecule is CCOC(CCNc1cccc(C)c1)OCC. The van der Waals surface area contributed by atoms with Gasteiger partial charge in [0, 0.05) is 31.9 Å². The molecule has 1 aromatic rings. The molecule has 0 fully saturated rings. The summed E-state index contributed by atoms with van der Waals surface area (Å²) in [5.41, 5.74) is 2.41. The number of ether oxygens (including phenoxy) is 2. The average molecular weight is 237 g/mol. The van der Waals surface area contributed by atoms with Crippen LogP contribution in [0.3, 0.4) is 0 Å². The second kappa shape index (κ2) is 8.09. The Kier molecular flexibility index (Phi) is 6.67. The van der Waals surface area contributed by atoms with Crippen molar-refractivity contribution in [1.29, 1.82) is 0 Å². The Morgan fingerprint density at radius 3 is 2.47 bits per heavy atom. The van der Waals surface area contributed by atoms with E-state index in [0.29, 0.717) is 13.2 Å². The maximum absolute atomic E-state index is 5.48. The molecule has 96 valence electrons. The zero-order valence-electron chi connectivity index (χ0n) is 11.0. The summed E-state index contributed by atoms with van der Waals surface area (Å²) in [5, 5.41) is 3.37. The molecule has 0 aromatic heterocycles. The molecule has 3 heteroatoms. The molecular weight excluding hydrogens is 214 g/mol. The number of benzene rings is 1. The van der Waals surface area contributed by atoms with Crippen LogP contribution < -0.4 is 5.32 Å². The van der Waals surface area contributed by atoms with Gasteiger partial charge >= 0.3 is 0 Å². The number of aryl methyl sites for hydroxylation is 1. The van der Waals surface area contributed by atoms with Gasteiger partial charge in [-0.15, -0.1) is 0 Å². The predicted octanol–water partition coefficient (Wildman–Crippen LogP) is 3.20. The molecule has 3 nitrogen and oxygen atoms in total. The molecule has 0 spiro atoms. The van der Waals surface area contributed by atoms with Crippen molar-refractivity contribution in [1.82, 2.24) is 0 Å². The molecule has 0 radical (unpaired) electrons. The number of hydrogen-bond donors (Lipinski definition) is 1. The molecule has 0 atom stereocenters.